The molecule has 0 bridgehead atoms. The molecule has 0 spiro atoms. The quantitative estimate of drug-likeness (QED) is 0.203. The molecule has 0 aliphatic carbocycles. The Labute approximate surface area is 124 Å². The summed E-state index contributed by atoms with van der Waals surface area (Å²) < 4.78 is 5.73. The molecule has 2 nitrogen and oxygen atoms in total. The molecule has 1 fully saturated rings. The number of hydrogen-bond acceptors (Lipinski definition) is 2. The van der Waals surface area contributed by atoms with Gasteiger partial charge in [0.25, 0.3) is 0 Å². The Kier molecular flexibility index (Phi) is 10.4. The Morgan fingerprint density at radius 1 is 0.850 bits per heavy atom. The molecule has 0 amide bonds. The van der Waals surface area contributed by atoms with Crippen LogP contribution in [0.3, 0.4) is 0 Å². The first-order valence-corrected chi connectivity index (χ1v) is 8.49. The summed E-state index contributed by atoms with van der Waals surface area (Å²) in [5.41, 5.74) is 0. The van der Waals surface area contributed by atoms with E-state index in [0.717, 1.165) is 12.7 Å². The number of rotatable bonds is 13. The Morgan fingerprint density at radius 3 is 2.20 bits per heavy atom. The van der Waals surface area contributed by atoms with Crippen LogP contribution >= 0.6 is 0 Å². The molecule has 0 radical (unpaired) electrons. The number of epoxide rings is 1. The van der Waals surface area contributed by atoms with E-state index in [1.54, 1.807) is 6.08 Å². The maximum Gasteiger partial charge on any atom is 0.0841 e. The molecule has 1 rings (SSSR count). The van der Waals surface area contributed by atoms with Crippen molar-refractivity contribution in [3.05, 3.63) is 24.5 Å². The van der Waals surface area contributed by atoms with Crippen molar-refractivity contribution in [2.75, 3.05) is 0 Å². The van der Waals surface area contributed by atoms with Gasteiger partial charge in [-0.1, -0.05) is 64.0 Å². The average Bonchev–Trinajstić information content (AvgIpc) is 3.20. The predicted molar refractivity (Wildman–Crippen MR) is 86.0 cm³/mol. The minimum atomic E-state index is 0.562. The smallest absolute Gasteiger partial charge is 0.0841 e. The van der Waals surface area contributed by atoms with E-state index in [1.807, 2.05) is 6.08 Å². The number of aliphatic hydroxyl groups is 1. The molecular weight excluding hydrogens is 248 g/mol. The molecule has 1 N–H and O–H groups in total. The minimum Gasteiger partial charge on any atom is -0.516 e. The van der Waals surface area contributed by atoms with E-state index in [0.29, 0.717) is 12.2 Å². The second kappa shape index (κ2) is 12.0. The number of allylic oxidation sites excluding steroid dienone is 3. The van der Waals surface area contributed by atoms with Crippen LogP contribution in [-0.4, -0.2) is 17.3 Å². The lowest BCUT2D eigenvalue weighted by Crippen LogP contribution is -1.94. The van der Waals surface area contributed by atoms with Crippen LogP contribution in [0.5, 0.6) is 0 Å². The van der Waals surface area contributed by atoms with Gasteiger partial charge in [0, 0.05) is 0 Å². The highest BCUT2D eigenvalue weighted by Crippen LogP contribution is 2.31. The normalized spacial score (nSPS) is 22.1. The van der Waals surface area contributed by atoms with Gasteiger partial charge < -0.3 is 9.84 Å². The molecule has 20 heavy (non-hydrogen) atoms. The van der Waals surface area contributed by atoms with Gasteiger partial charge in [-0.25, -0.2) is 0 Å². The van der Waals surface area contributed by atoms with Crippen LogP contribution in [0.15, 0.2) is 24.5 Å². The maximum absolute atomic E-state index is 8.46. The van der Waals surface area contributed by atoms with E-state index < -0.39 is 0 Å². The lowest BCUT2D eigenvalue weighted by Gasteiger charge is -1.99. The van der Waals surface area contributed by atoms with Crippen LogP contribution in [0.4, 0.5) is 0 Å². The first kappa shape index (κ1) is 17.3. The summed E-state index contributed by atoms with van der Waals surface area (Å²) in [5, 5.41) is 8.46. The fourth-order valence-electron chi connectivity index (χ4n) is 2.65. The van der Waals surface area contributed by atoms with Crippen molar-refractivity contribution >= 4 is 0 Å². The number of ether oxygens (including phenoxy) is 1. The molecule has 0 aromatic carbocycles. The lowest BCUT2D eigenvalue weighted by molar-refractivity contribution is 0.348. The molecule has 2 heteroatoms. The Balaban J connectivity index is 1.81. The van der Waals surface area contributed by atoms with Crippen LogP contribution in [0.1, 0.15) is 77.6 Å². The molecule has 1 heterocycles. The van der Waals surface area contributed by atoms with Crippen molar-refractivity contribution in [2.24, 2.45) is 0 Å². The summed E-state index contributed by atoms with van der Waals surface area (Å²) in [5.74, 6) is 0. The zero-order valence-electron chi connectivity index (χ0n) is 13.1. The van der Waals surface area contributed by atoms with Crippen molar-refractivity contribution in [2.45, 2.75) is 89.8 Å². The average molecular weight is 280 g/mol. The molecule has 1 aliphatic rings. The monoisotopic (exact) mass is 280 g/mol. The van der Waals surface area contributed by atoms with E-state index in [1.165, 1.54) is 64.2 Å². The van der Waals surface area contributed by atoms with Crippen molar-refractivity contribution < 1.29 is 9.84 Å². The SMILES string of the molecule is CCCCCCCCC1OC1CCCCC=C/C=C\O. The van der Waals surface area contributed by atoms with Crippen LogP contribution in [0.25, 0.3) is 0 Å². The van der Waals surface area contributed by atoms with Gasteiger partial charge in [0.05, 0.1) is 18.5 Å². The van der Waals surface area contributed by atoms with Crippen molar-refractivity contribution in [1.82, 2.24) is 0 Å². The van der Waals surface area contributed by atoms with E-state index in [2.05, 4.69) is 13.0 Å². The molecular formula is C18H32O2. The lowest BCUT2D eigenvalue weighted by atomic mass is 10.0. The molecule has 0 aromatic rings. The van der Waals surface area contributed by atoms with Crippen LogP contribution in [0.2, 0.25) is 0 Å². The second-order valence-corrected chi connectivity index (χ2v) is 5.82. The van der Waals surface area contributed by atoms with E-state index in [9.17, 15) is 0 Å². The van der Waals surface area contributed by atoms with Gasteiger partial charge in [-0.15, -0.1) is 0 Å². The van der Waals surface area contributed by atoms with Gasteiger partial charge in [0.15, 0.2) is 0 Å². The fourth-order valence-corrected chi connectivity index (χ4v) is 2.65. The van der Waals surface area contributed by atoms with Crippen LogP contribution < -0.4 is 0 Å². The van der Waals surface area contributed by atoms with Gasteiger partial charge >= 0.3 is 0 Å². The van der Waals surface area contributed by atoms with Gasteiger partial charge in [0.2, 0.25) is 0 Å². The van der Waals surface area contributed by atoms with E-state index >= 15 is 0 Å². The summed E-state index contributed by atoms with van der Waals surface area (Å²) in [6.45, 7) is 2.27. The standard InChI is InChI=1S/C18H32O2/c1-2-3-4-5-8-11-14-17-18(20-17)15-12-9-6-7-10-13-16-19/h7,10,13,16-19H,2-6,8-9,11-12,14-15H2,1H3/b10-7?,16-13-. The van der Waals surface area contributed by atoms with Gasteiger partial charge in [0.1, 0.15) is 0 Å². The predicted octanol–water partition coefficient (Wildman–Crippen LogP) is 5.69. The van der Waals surface area contributed by atoms with Crippen LogP contribution in [0, 0.1) is 0 Å². The summed E-state index contributed by atoms with van der Waals surface area (Å²) in [7, 11) is 0. The topological polar surface area (TPSA) is 32.8 Å². The third-order valence-electron chi connectivity index (χ3n) is 3.97. The Hall–Kier alpha value is -0.760. The molecule has 0 aromatic heterocycles. The second-order valence-electron chi connectivity index (χ2n) is 5.82. The molecule has 116 valence electrons. The molecule has 2 atom stereocenters. The first-order valence-electron chi connectivity index (χ1n) is 8.49. The first-order chi connectivity index (χ1) is 9.88. The summed E-state index contributed by atoms with van der Waals surface area (Å²) >= 11 is 0. The minimum absolute atomic E-state index is 0.562. The number of unbranched alkanes of at least 4 members (excludes halogenated alkanes) is 7. The Morgan fingerprint density at radius 2 is 1.50 bits per heavy atom. The highest BCUT2D eigenvalue weighted by molar-refractivity contribution is 4.98. The molecule has 2 unspecified atom stereocenters. The Bertz CT molecular complexity index is 271. The fraction of sp³-hybridized carbons (Fsp3) is 0.778. The summed E-state index contributed by atoms with van der Waals surface area (Å²) in [6.07, 6.45) is 22.2. The third-order valence-corrected chi connectivity index (χ3v) is 3.97. The maximum atomic E-state index is 8.46. The third kappa shape index (κ3) is 9.19. The zero-order valence-corrected chi connectivity index (χ0v) is 13.1. The van der Waals surface area contributed by atoms with Crippen molar-refractivity contribution in [1.29, 1.82) is 0 Å². The van der Waals surface area contributed by atoms with E-state index in [-0.39, 0.29) is 0 Å². The van der Waals surface area contributed by atoms with Gasteiger partial charge in [-0.2, -0.15) is 0 Å². The number of aliphatic hydroxyl groups excluding tert-OH is 1. The van der Waals surface area contributed by atoms with E-state index in [4.69, 9.17) is 9.84 Å². The molecule has 1 saturated heterocycles. The van der Waals surface area contributed by atoms with Gasteiger partial charge in [-0.3, -0.25) is 0 Å². The summed E-state index contributed by atoms with van der Waals surface area (Å²) in [6, 6.07) is 0. The highest BCUT2D eigenvalue weighted by atomic mass is 16.6. The zero-order chi connectivity index (χ0) is 14.5. The highest BCUT2D eigenvalue weighted by Gasteiger charge is 2.36. The number of hydrogen-bond donors (Lipinski definition) is 1. The van der Waals surface area contributed by atoms with Crippen LogP contribution in [-0.2, 0) is 4.74 Å². The van der Waals surface area contributed by atoms with Gasteiger partial charge in [-0.05, 0) is 31.8 Å². The van der Waals surface area contributed by atoms with Crippen molar-refractivity contribution in [3.63, 3.8) is 0 Å². The summed E-state index contributed by atoms with van der Waals surface area (Å²) in [4.78, 5) is 0. The molecule has 1 aliphatic heterocycles. The van der Waals surface area contributed by atoms with Crippen molar-refractivity contribution in [3.8, 4) is 0 Å². The largest absolute Gasteiger partial charge is 0.516 e. The molecule has 0 saturated carbocycles.